The minimum atomic E-state index is -0.255. The van der Waals surface area contributed by atoms with E-state index < -0.39 is 0 Å². The summed E-state index contributed by atoms with van der Waals surface area (Å²) in [5, 5.41) is 47.5. The topological polar surface area (TPSA) is 196 Å². The van der Waals surface area contributed by atoms with Crippen molar-refractivity contribution in [3.05, 3.63) is 58.8 Å². The van der Waals surface area contributed by atoms with Crippen molar-refractivity contribution in [1.29, 1.82) is 26.3 Å². The number of nitrogens with zero attached hydrogens (tertiary/aromatic N) is 11. The lowest BCUT2D eigenvalue weighted by Gasteiger charge is -2.11. The van der Waals surface area contributed by atoms with Crippen molar-refractivity contribution < 1.29 is 0 Å². The monoisotopic (exact) mass is 435 g/mol. The van der Waals surface area contributed by atoms with Crippen molar-refractivity contribution in [3.63, 3.8) is 0 Å². The zero-order valence-corrected chi connectivity index (χ0v) is 16.8. The van der Waals surface area contributed by atoms with Crippen LogP contribution in [0.25, 0.3) is 44.4 Å². The molecule has 0 aliphatic heterocycles. The maximum Gasteiger partial charge on any atom is 0.177 e. The summed E-state index contributed by atoms with van der Waals surface area (Å²) in [6.07, 6.45) is 0. The molecule has 0 radical (unpaired) electrons. The lowest BCUT2D eigenvalue weighted by molar-refractivity contribution is 1.16. The number of fused-ring (bicyclic) bond motifs is 6. The Morgan fingerprint density at radius 1 is 0.412 bits per heavy atom. The van der Waals surface area contributed by atoms with Gasteiger partial charge in [-0.1, -0.05) is 30.3 Å². The lowest BCUT2D eigenvalue weighted by atomic mass is 10.1. The highest BCUT2D eigenvalue weighted by atomic mass is 14.9. The summed E-state index contributed by atoms with van der Waals surface area (Å²) in [5.41, 5.74) is 0.394. The highest BCUT2D eigenvalue weighted by Gasteiger charge is 2.23. The molecule has 0 fully saturated rings. The average molecular weight is 435 g/mol. The van der Waals surface area contributed by atoms with Gasteiger partial charge in [-0.3, -0.25) is 0 Å². The number of hydrogen-bond donors (Lipinski definition) is 0. The summed E-state index contributed by atoms with van der Waals surface area (Å²) < 4.78 is 0. The molecule has 5 aromatic rings. The van der Waals surface area contributed by atoms with Crippen LogP contribution in [0.15, 0.2) is 30.3 Å². The fourth-order valence-corrected chi connectivity index (χ4v) is 3.48. The molecule has 2 aromatic carbocycles. The second-order valence-corrected chi connectivity index (χ2v) is 6.78. The lowest BCUT2D eigenvalue weighted by Crippen LogP contribution is -2.05. The fraction of sp³-hybridized carbons (Fsp3) is 0. The van der Waals surface area contributed by atoms with E-state index >= 15 is 0 Å². The summed E-state index contributed by atoms with van der Waals surface area (Å²) in [6.45, 7) is 0. The average Bonchev–Trinajstić information content (AvgIpc) is 2.91. The van der Waals surface area contributed by atoms with Crippen LogP contribution in [0.1, 0.15) is 28.5 Å². The Bertz CT molecular complexity index is 1860. The smallest absolute Gasteiger partial charge is 0.177 e. The van der Waals surface area contributed by atoms with Crippen molar-refractivity contribution in [2.75, 3.05) is 0 Å². The molecule has 0 bridgehead atoms. The number of hydrogen-bond acceptors (Lipinski definition) is 11. The van der Waals surface area contributed by atoms with Crippen LogP contribution in [0.4, 0.5) is 0 Å². The Hall–Kier alpha value is -6.09. The van der Waals surface area contributed by atoms with Crippen LogP contribution in [0.5, 0.6) is 0 Å². The van der Waals surface area contributed by atoms with Gasteiger partial charge < -0.3 is 0 Å². The van der Waals surface area contributed by atoms with Crippen molar-refractivity contribution >= 4 is 33.1 Å². The fourth-order valence-electron chi connectivity index (χ4n) is 3.48. The number of nitriles is 5. The summed E-state index contributed by atoms with van der Waals surface area (Å²) >= 11 is 0. The highest BCUT2D eigenvalue weighted by Crippen LogP contribution is 2.33. The Kier molecular flexibility index (Phi) is 4.41. The zero-order chi connectivity index (χ0) is 23.8. The van der Waals surface area contributed by atoms with Gasteiger partial charge in [-0.25, -0.2) is 29.9 Å². The van der Waals surface area contributed by atoms with E-state index in [9.17, 15) is 26.3 Å². The van der Waals surface area contributed by atoms with Crippen molar-refractivity contribution in [1.82, 2.24) is 29.9 Å². The third-order valence-electron chi connectivity index (χ3n) is 4.94. The van der Waals surface area contributed by atoms with Crippen LogP contribution in [0.3, 0.4) is 0 Å². The van der Waals surface area contributed by atoms with E-state index in [1.807, 2.05) is 30.3 Å². The van der Waals surface area contributed by atoms with Crippen LogP contribution in [-0.4, -0.2) is 29.9 Å². The predicted molar refractivity (Wildman–Crippen MR) is 115 cm³/mol. The molecule has 11 heteroatoms. The van der Waals surface area contributed by atoms with E-state index in [4.69, 9.17) is 0 Å². The molecule has 0 unspecified atom stereocenters. The van der Waals surface area contributed by atoms with Gasteiger partial charge in [0.1, 0.15) is 69.1 Å². The van der Waals surface area contributed by atoms with Crippen LogP contribution < -0.4 is 0 Å². The molecular weight excluding hydrogens is 430 g/mol. The van der Waals surface area contributed by atoms with Gasteiger partial charge in [0.15, 0.2) is 28.5 Å². The van der Waals surface area contributed by atoms with Gasteiger partial charge in [0.25, 0.3) is 0 Å². The molecule has 0 spiro atoms. The van der Waals surface area contributed by atoms with Gasteiger partial charge in [0, 0.05) is 5.56 Å². The Labute approximate surface area is 190 Å². The first-order valence-electron chi connectivity index (χ1n) is 9.46. The number of aromatic nitrogens is 6. The first kappa shape index (κ1) is 19.8. The van der Waals surface area contributed by atoms with Crippen molar-refractivity contribution in [3.8, 4) is 41.6 Å². The number of rotatable bonds is 1. The third-order valence-corrected chi connectivity index (χ3v) is 4.94. The van der Waals surface area contributed by atoms with Gasteiger partial charge in [-0.2, -0.15) is 26.3 Å². The van der Waals surface area contributed by atoms with E-state index in [2.05, 4.69) is 29.9 Å². The summed E-state index contributed by atoms with van der Waals surface area (Å²) in [4.78, 5) is 26.1. The molecule has 0 saturated heterocycles. The predicted octanol–water partition coefficient (Wildman–Crippen LogP) is 2.54. The maximum atomic E-state index is 9.77. The van der Waals surface area contributed by atoms with Crippen LogP contribution in [0, 0.1) is 56.7 Å². The molecule has 0 saturated carbocycles. The minimum absolute atomic E-state index is 0.00821. The molecule has 5 rings (SSSR count). The van der Waals surface area contributed by atoms with Gasteiger partial charge in [-0.15, -0.1) is 0 Å². The normalized spacial score (nSPS) is 10.2. The van der Waals surface area contributed by atoms with Crippen LogP contribution in [0.2, 0.25) is 0 Å². The molecule has 11 nitrogen and oxygen atoms in total. The van der Waals surface area contributed by atoms with Gasteiger partial charge in [0.05, 0.1) is 0 Å². The van der Waals surface area contributed by atoms with Gasteiger partial charge in [-0.05, 0) is 0 Å². The first-order valence-corrected chi connectivity index (χ1v) is 9.46. The molecule has 0 N–H and O–H groups in total. The van der Waals surface area contributed by atoms with E-state index in [1.165, 1.54) is 0 Å². The Morgan fingerprint density at radius 2 is 0.735 bits per heavy atom. The van der Waals surface area contributed by atoms with Crippen LogP contribution >= 0.6 is 0 Å². The van der Waals surface area contributed by atoms with Crippen LogP contribution in [-0.2, 0) is 0 Å². The van der Waals surface area contributed by atoms with Gasteiger partial charge >= 0.3 is 0 Å². The molecule has 0 atom stereocenters. The number of benzene rings is 2. The third kappa shape index (κ3) is 2.79. The largest absolute Gasteiger partial charge is 0.241 e. The Morgan fingerprint density at radius 3 is 1.09 bits per heavy atom. The standard InChI is InChI=1S/C23H5N11/c24-6-12-13(7-25)31-20-18(29-12)19-21(32-15(9-27)14(8-26)30-19)23-22(20)33-16(10-28)17(34-23)11-4-2-1-3-5-11/h1-5H. The molecule has 3 heterocycles. The zero-order valence-electron chi connectivity index (χ0n) is 16.8. The summed E-state index contributed by atoms with van der Waals surface area (Å²) in [5.74, 6) is 0. The first-order chi connectivity index (χ1) is 16.6. The highest BCUT2D eigenvalue weighted by molar-refractivity contribution is 6.18. The molecular formula is C23H5N11. The SMILES string of the molecule is N#Cc1nc2c3nc(C#N)c(C#N)nc3c3nc(-c4ccccc4)c(C#N)nc3c2nc1C#N. The summed E-state index contributed by atoms with van der Waals surface area (Å²) in [6, 6.07) is 18.2. The molecule has 152 valence electrons. The quantitative estimate of drug-likeness (QED) is 0.351. The molecule has 0 aliphatic carbocycles. The molecule has 0 aliphatic rings. The summed E-state index contributed by atoms with van der Waals surface area (Å²) in [7, 11) is 0. The van der Waals surface area contributed by atoms with E-state index in [0.717, 1.165) is 0 Å². The minimum Gasteiger partial charge on any atom is -0.241 e. The maximum absolute atomic E-state index is 9.77. The molecule has 0 amide bonds. The van der Waals surface area contributed by atoms with Crippen molar-refractivity contribution in [2.45, 2.75) is 0 Å². The van der Waals surface area contributed by atoms with Crippen molar-refractivity contribution in [2.24, 2.45) is 0 Å². The van der Waals surface area contributed by atoms with E-state index in [1.54, 1.807) is 30.3 Å². The molecule has 3 aromatic heterocycles. The van der Waals surface area contributed by atoms with E-state index in [0.29, 0.717) is 5.56 Å². The van der Waals surface area contributed by atoms with Gasteiger partial charge in [0.2, 0.25) is 0 Å². The molecule has 34 heavy (non-hydrogen) atoms. The second-order valence-electron chi connectivity index (χ2n) is 6.78. The Balaban J connectivity index is 2.09. The second kappa shape index (κ2) is 7.55. The van der Waals surface area contributed by atoms with E-state index in [-0.39, 0.29) is 67.3 Å².